The fourth-order valence-corrected chi connectivity index (χ4v) is 1.79. The van der Waals surface area contributed by atoms with E-state index in [1.807, 2.05) is 0 Å². The first-order valence-electron chi connectivity index (χ1n) is 6.53. The van der Waals surface area contributed by atoms with E-state index in [2.05, 4.69) is 9.72 Å². The van der Waals surface area contributed by atoms with E-state index in [1.165, 1.54) is 18.3 Å². The smallest absolute Gasteiger partial charge is 0.387 e. The molecule has 2 rings (SSSR count). The molecule has 0 bridgehead atoms. The zero-order valence-electron chi connectivity index (χ0n) is 11.8. The number of hydrogen-bond donors (Lipinski definition) is 0. The van der Waals surface area contributed by atoms with Gasteiger partial charge in [0.1, 0.15) is 17.5 Å². The number of halogens is 3. The van der Waals surface area contributed by atoms with Crippen molar-refractivity contribution in [2.75, 3.05) is 0 Å². The monoisotopic (exact) mass is 339 g/mol. The Labute approximate surface area is 136 Å². The fraction of sp³-hybridized carbons (Fsp3) is 0.125. The molecular formula is C16H12ClF2NO3. The molecule has 0 saturated carbocycles. The van der Waals surface area contributed by atoms with E-state index in [-0.39, 0.29) is 12.4 Å². The molecule has 0 amide bonds. The summed E-state index contributed by atoms with van der Waals surface area (Å²) in [4.78, 5) is 15.5. The van der Waals surface area contributed by atoms with Crippen LogP contribution in [0.15, 0.2) is 48.7 Å². The molecule has 0 aliphatic heterocycles. The van der Waals surface area contributed by atoms with Crippen LogP contribution in [0.1, 0.15) is 11.1 Å². The van der Waals surface area contributed by atoms with E-state index < -0.39 is 12.6 Å². The number of pyridine rings is 1. The average Bonchev–Trinajstić information content (AvgIpc) is 2.53. The SMILES string of the molecule is O=C(/C=C/c1ccccc1OC(F)F)OCc1ccc(Cl)nc1. The van der Waals surface area contributed by atoms with Gasteiger partial charge in [-0.05, 0) is 18.2 Å². The lowest BCUT2D eigenvalue weighted by molar-refractivity contribution is -0.138. The van der Waals surface area contributed by atoms with Crippen LogP contribution in [0, 0.1) is 0 Å². The number of esters is 1. The summed E-state index contributed by atoms with van der Waals surface area (Å²) in [6, 6.07) is 9.39. The lowest BCUT2D eigenvalue weighted by Gasteiger charge is -2.07. The number of hydrogen-bond acceptors (Lipinski definition) is 4. The second-order valence-electron chi connectivity index (χ2n) is 4.35. The van der Waals surface area contributed by atoms with Gasteiger partial charge in [-0.25, -0.2) is 9.78 Å². The van der Waals surface area contributed by atoms with Crippen molar-refractivity contribution in [2.45, 2.75) is 13.2 Å². The Morgan fingerprint density at radius 1 is 1.26 bits per heavy atom. The lowest BCUT2D eigenvalue weighted by atomic mass is 10.2. The van der Waals surface area contributed by atoms with Crippen LogP contribution in [-0.2, 0) is 16.1 Å². The summed E-state index contributed by atoms with van der Waals surface area (Å²) in [5.41, 5.74) is 1.02. The lowest BCUT2D eigenvalue weighted by Crippen LogP contribution is -2.03. The van der Waals surface area contributed by atoms with Crippen LogP contribution < -0.4 is 4.74 Å². The van der Waals surface area contributed by atoms with Crippen LogP contribution in [0.4, 0.5) is 8.78 Å². The van der Waals surface area contributed by atoms with E-state index in [4.69, 9.17) is 16.3 Å². The Morgan fingerprint density at radius 3 is 2.74 bits per heavy atom. The standard InChI is InChI=1S/C16H12ClF2NO3/c17-14-7-5-11(9-20-14)10-22-15(21)8-6-12-3-1-2-4-13(12)23-16(18)19/h1-9,16H,10H2/b8-6+. The predicted molar refractivity (Wildman–Crippen MR) is 81.2 cm³/mol. The molecule has 0 unspecified atom stereocenters. The second kappa shape index (κ2) is 8.24. The summed E-state index contributed by atoms with van der Waals surface area (Å²) >= 11 is 5.65. The molecule has 7 heteroatoms. The van der Waals surface area contributed by atoms with E-state index in [9.17, 15) is 13.6 Å². The second-order valence-corrected chi connectivity index (χ2v) is 4.73. The van der Waals surface area contributed by atoms with Crippen LogP contribution in [0.3, 0.4) is 0 Å². The van der Waals surface area contributed by atoms with Crippen molar-refractivity contribution >= 4 is 23.6 Å². The Bertz CT molecular complexity index is 690. The fourth-order valence-electron chi connectivity index (χ4n) is 1.67. The van der Waals surface area contributed by atoms with Crippen molar-refractivity contribution in [2.24, 2.45) is 0 Å². The molecule has 0 spiro atoms. The van der Waals surface area contributed by atoms with Crippen LogP contribution in [0.5, 0.6) is 5.75 Å². The summed E-state index contributed by atoms with van der Waals surface area (Å²) < 4.78 is 33.9. The number of para-hydroxylation sites is 1. The van der Waals surface area contributed by atoms with Crippen LogP contribution in [-0.4, -0.2) is 17.6 Å². The molecule has 0 radical (unpaired) electrons. The van der Waals surface area contributed by atoms with Gasteiger partial charge in [0.15, 0.2) is 0 Å². The van der Waals surface area contributed by atoms with E-state index in [0.29, 0.717) is 16.3 Å². The number of nitrogens with zero attached hydrogens (tertiary/aromatic N) is 1. The van der Waals surface area contributed by atoms with Crippen molar-refractivity contribution in [3.8, 4) is 5.75 Å². The average molecular weight is 340 g/mol. The minimum absolute atomic E-state index is 0.0200. The van der Waals surface area contributed by atoms with Crippen molar-refractivity contribution in [1.29, 1.82) is 0 Å². The largest absolute Gasteiger partial charge is 0.458 e. The van der Waals surface area contributed by atoms with Gasteiger partial charge in [-0.3, -0.25) is 0 Å². The molecule has 23 heavy (non-hydrogen) atoms. The zero-order valence-corrected chi connectivity index (χ0v) is 12.5. The maximum Gasteiger partial charge on any atom is 0.387 e. The van der Waals surface area contributed by atoms with Crippen molar-refractivity contribution in [3.63, 3.8) is 0 Å². The van der Waals surface area contributed by atoms with Crippen molar-refractivity contribution < 1.29 is 23.0 Å². The van der Waals surface area contributed by atoms with Gasteiger partial charge in [-0.1, -0.05) is 35.9 Å². The first kappa shape index (κ1) is 16.9. The van der Waals surface area contributed by atoms with Gasteiger partial charge in [-0.2, -0.15) is 8.78 Å². The molecule has 120 valence electrons. The predicted octanol–water partition coefficient (Wildman–Crippen LogP) is 4.09. The number of alkyl halides is 2. The number of carbonyl (C=O) groups is 1. The summed E-state index contributed by atoms with van der Waals surface area (Å²) in [7, 11) is 0. The van der Waals surface area contributed by atoms with E-state index in [1.54, 1.807) is 30.3 Å². The maximum atomic E-state index is 12.3. The first-order chi connectivity index (χ1) is 11.0. The van der Waals surface area contributed by atoms with Crippen LogP contribution in [0.25, 0.3) is 6.08 Å². The minimum atomic E-state index is -2.94. The van der Waals surface area contributed by atoms with Crippen molar-refractivity contribution in [3.05, 3.63) is 65.0 Å². The summed E-state index contributed by atoms with van der Waals surface area (Å²) in [5.74, 6) is -0.639. The molecule has 1 aromatic heterocycles. The number of benzene rings is 1. The van der Waals surface area contributed by atoms with Crippen LogP contribution >= 0.6 is 11.6 Å². The Hall–Kier alpha value is -2.47. The number of rotatable bonds is 6. The van der Waals surface area contributed by atoms with E-state index >= 15 is 0 Å². The Balaban J connectivity index is 1.94. The van der Waals surface area contributed by atoms with Gasteiger partial charge < -0.3 is 9.47 Å². The number of ether oxygens (including phenoxy) is 2. The summed E-state index contributed by atoms with van der Waals surface area (Å²) in [6.45, 7) is -2.91. The number of carbonyl (C=O) groups excluding carboxylic acids is 1. The third kappa shape index (κ3) is 5.67. The topological polar surface area (TPSA) is 48.4 Å². The molecule has 0 saturated heterocycles. The molecule has 0 atom stereocenters. The maximum absolute atomic E-state index is 12.3. The van der Waals surface area contributed by atoms with Crippen molar-refractivity contribution in [1.82, 2.24) is 4.98 Å². The Kier molecular flexibility index (Phi) is 6.05. The van der Waals surface area contributed by atoms with Gasteiger partial charge in [0, 0.05) is 23.4 Å². The molecule has 2 aromatic rings. The highest BCUT2D eigenvalue weighted by Gasteiger charge is 2.07. The van der Waals surface area contributed by atoms with Crippen LogP contribution in [0.2, 0.25) is 5.15 Å². The van der Waals surface area contributed by atoms with E-state index in [0.717, 1.165) is 6.08 Å². The van der Waals surface area contributed by atoms with Gasteiger partial charge in [0.25, 0.3) is 0 Å². The molecule has 1 aromatic carbocycles. The van der Waals surface area contributed by atoms with Gasteiger partial charge >= 0.3 is 12.6 Å². The third-order valence-corrected chi connectivity index (χ3v) is 2.93. The molecule has 0 fully saturated rings. The first-order valence-corrected chi connectivity index (χ1v) is 6.91. The van der Waals surface area contributed by atoms with Gasteiger partial charge in [0.2, 0.25) is 0 Å². The highest BCUT2D eigenvalue weighted by molar-refractivity contribution is 6.29. The number of aromatic nitrogens is 1. The summed E-state index contributed by atoms with van der Waals surface area (Å²) in [6.07, 6.45) is 3.97. The third-order valence-electron chi connectivity index (χ3n) is 2.70. The Morgan fingerprint density at radius 2 is 2.04 bits per heavy atom. The van der Waals surface area contributed by atoms with Gasteiger partial charge in [-0.15, -0.1) is 0 Å². The van der Waals surface area contributed by atoms with Gasteiger partial charge in [0.05, 0.1) is 0 Å². The highest BCUT2D eigenvalue weighted by Crippen LogP contribution is 2.21. The molecule has 1 heterocycles. The minimum Gasteiger partial charge on any atom is -0.458 e. The normalized spacial score (nSPS) is 11.0. The molecule has 0 N–H and O–H groups in total. The zero-order chi connectivity index (χ0) is 16.7. The highest BCUT2D eigenvalue weighted by atomic mass is 35.5. The molecule has 0 aliphatic rings. The molecular weight excluding hydrogens is 328 g/mol. The quantitative estimate of drug-likeness (QED) is 0.452. The molecule has 4 nitrogen and oxygen atoms in total. The molecule has 0 aliphatic carbocycles. The summed E-state index contributed by atoms with van der Waals surface area (Å²) in [5, 5.41) is 0.343.